The molecule has 3 nitrogen and oxygen atoms in total. The molecule has 0 radical (unpaired) electrons. The number of hydrogen-bond acceptors (Lipinski definition) is 3. The summed E-state index contributed by atoms with van der Waals surface area (Å²) in [5.41, 5.74) is 2.22. The second-order valence-electron chi connectivity index (χ2n) is 4.90. The average Bonchev–Trinajstić information content (AvgIpc) is 2.51. The smallest absolute Gasteiger partial charge is 0.309 e. The van der Waals surface area contributed by atoms with Crippen molar-refractivity contribution in [3.63, 3.8) is 0 Å². The van der Waals surface area contributed by atoms with Crippen LogP contribution in [-0.4, -0.2) is 6.10 Å². The van der Waals surface area contributed by atoms with Gasteiger partial charge in [0.25, 0.3) is 0 Å². The zero-order valence-electron chi connectivity index (χ0n) is 12.4. The van der Waals surface area contributed by atoms with Crippen LogP contribution in [0.15, 0.2) is 60.7 Å². The van der Waals surface area contributed by atoms with E-state index in [9.17, 15) is 0 Å². The summed E-state index contributed by atoms with van der Waals surface area (Å²) in [6, 6.07) is 20.1. The first kappa shape index (κ1) is 16.1. The Labute approximate surface area is 127 Å². The number of rotatable bonds is 8. The molecule has 0 unspecified atom stereocenters. The average molecular weight is 304 g/mol. The summed E-state index contributed by atoms with van der Waals surface area (Å²) >= 11 is 0. The first-order valence-electron chi connectivity index (χ1n) is 7.04. The SMILES string of the molecule is CC(C)OP(OCc1ccccc1)OCc1ccccc1. The van der Waals surface area contributed by atoms with Gasteiger partial charge in [-0.2, -0.15) is 0 Å². The van der Waals surface area contributed by atoms with Crippen molar-refractivity contribution in [3.8, 4) is 0 Å². The second-order valence-corrected chi connectivity index (χ2v) is 6.07. The van der Waals surface area contributed by atoms with Crippen LogP contribution in [0.3, 0.4) is 0 Å². The highest BCUT2D eigenvalue weighted by Crippen LogP contribution is 2.42. The normalized spacial score (nSPS) is 11.2. The topological polar surface area (TPSA) is 27.7 Å². The Morgan fingerprint density at radius 2 is 1.19 bits per heavy atom. The lowest BCUT2D eigenvalue weighted by Crippen LogP contribution is -2.03. The van der Waals surface area contributed by atoms with E-state index in [1.807, 2.05) is 74.5 Å². The minimum atomic E-state index is -1.35. The molecule has 2 aromatic carbocycles. The third kappa shape index (κ3) is 6.36. The monoisotopic (exact) mass is 304 g/mol. The highest BCUT2D eigenvalue weighted by atomic mass is 31.2. The minimum absolute atomic E-state index is 0.0719. The van der Waals surface area contributed by atoms with Crippen LogP contribution in [0.4, 0.5) is 0 Å². The Balaban J connectivity index is 1.85. The fourth-order valence-corrected chi connectivity index (χ4v) is 2.72. The maximum absolute atomic E-state index is 5.78. The van der Waals surface area contributed by atoms with E-state index in [1.54, 1.807) is 0 Å². The van der Waals surface area contributed by atoms with Crippen LogP contribution in [0.1, 0.15) is 25.0 Å². The molecule has 0 aromatic heterocycles. The summed E-state index contributed by atoms with van der Waals surface area (Å²) in [7, 11) is -1.35. The van der Waals surface area contributed by atoms with E-state index in [1.165, 1.54) is 0 Å². The van der Waals surface area contributed by atoms with Gasteiger partial charge in [0.2, 0.25) is 0 Å². The van der Waals surface area contributed by atoms with Crippen molar-refractivity contribution in [1.82, 2.24) is 0 Å². The van der Waals surface area contributed by atoms with Gasteiger partial charge in [-0.3, -0.25) is 0 Å². The van der Waals surface area contributed by atoms with Crippen LogP contribution in [0, 0.1) is 0 Å². The minimum Gasteiger partial charge on any atom is -0.309 e. The molecule has 2 aromatic rings. The van der Waals surface area contributed by atoms with Crippen LogP contribution in [0.25, 0.3) is 0 Å². The molecule has 2 rings (SSSR count). The van der Waals surface area contributed by atoms with Gasteiger partial charge in [-0.15, -0.1) is 0 Å². The van der Waals surface area contributed by atoms with Gasteiger partial charge in [-0.25, -0.2) is 0 Å². The first-order valence-corrected chi connectivity index (χ1v) is 8.14. The van der Waals surface area contributed by atoms with E-state index in [4.69, 9.17) is 13.6 Å². The zero-order chi connectivity index (χ0) is 14.9. The maximum atomic E-state index is 5.78. The molecule has 0 heterocycles. The molecule has 0 aliphatic heterocycles. The molecule has 0 spiro atoms. The van der Waals surface area contributed by atoms with E-state index in [-0.39, 0.29) is 6.10 Å². The lowest BCUT2D eigenvalue weighted by atomic mass is 10.2. The van der Waals surface area contributed by atoms with E-state index in [2.05, 4.69) is 0 Å². The summed E-state index contributed by atoms with van der Waals surface area (Å²) < 4.78 is 17.3. The van der Waals surface area contributed by atoms with Crippen LogP contribution in [0.5, 0.6) is 0 Å². The molecule has 0 aliphatic rings. The van der Waals surface area contributed by atoms with Crippen molar-refractivity contribution in [3.05, 3.63) is 71.8 Å². The van der Waals surface area contributed by atoms with Crippen LogP contribution in [-0.2, 0) is 26.8 Å². The fourth-order valence-electron chi connectivity index (χ4n) is 1.67. The van der Waals surface area contributed by atoms with Crippen molar-refractivity contribution in [2.45, 2.75) is 33.2 Å². The van der Waals surface area contributed by atoms with E-state index >= 15 is 0 Å². The Morgan fingerprint density at radius 1 is 0.762 bits per heavy atom. The molecular weight excluding hydrogens is 283 g/mol. The number of benzene rings is 2. The van der Waals surface area contributed by atoms with Crippen molar-refractivity contribution in [2.24, 2.45) is 0 Å². The summed E-state index contributed by atoms with van der Waals surface area (Å²) in [6.07, 6.45) is 0.0719. The van der Waals surface area contributed by atoms with Gasteiger partial charge in [-0.1, -0.05) is 60.7 Å². The molecule has 0 saturated heterocycles. The van der Waals surface area contributed by atoms with Gasteiger partial charge >= 0.3 is 8.60 Å². The third-order valence-electron chi connectivity index (χ3n) is 2.66. The molecule has 0 saturated carbocycles. The molecule has 112 valence electrons. The molecule has 0 N–H and O–H groups in total. The summed E-state index contributed by atoms with van der Waals surface area (Å²) in [4.78, 5) is 0. The van der Waals surface area contributed by atoms with E-state index in [0.29, 0.717) is 13.2 Å². The molecule has 0 bridgehead atoms. The predicted octanol–water partition coefficient (Wildman–Crippen LogP) is 5.07. The van der Waals surface area contributed by atoms with Crippen LogP contribution < -0.4 is 0 Å². The largest absolute Gasteiger partial charge is 0.333 e. The van der Waals surface area contributed by atoms with Crippen molar-refractivity contribution >= 4 is 8.60 Å². The molecule has 0 atom stereocenters. The molecule has 0 aliphatic carbocycles. The Kier molecular flexibility index (Phi) is 6.84. The Morgan fingerprint density at radius 3 is 1.57 bits per heavy atom. The maximum Gasteiger partial charge on any atom is 0.333 e. The summed E-state index contributed by atoms with van der Waals surface area (Å²) in [5.74, 6) is 0. The fraction of sp³-hybridized carbons (Fsp3) is 0.294. The van der Waals surface area contributed by atoms with Crippen molar-refractivity contribution < 1.29 is 13.6 Å². The predicted molar refractivity (Wildman–Crippen MR) is 85.6 cm³/mol. The Hall–Kier alpha value is -1.25. The molecule has 0 amide bonds. The van der Waals surface area contributed by atoms with Gasteiger partial charge in [0.15, 0.2) is 0 Å². The first-order chi connectivity index (χ1) is 10.2. The summed E-state index contributed by atoms with van der Waals surface area (Å²) in [6.45, 7) is 4.95. The number of hydrogen-bond donors (Lipinski definition) is 0. The standard InChI is InChI=1S/C17H21O3P/c1-15(2)20-21(18-13-16-9-5-3-6-10-16)19-14-17-11-7-4-8-12-17/h3-12,15H,13-14H2,1-2H3. The third-order valence-corrected chi connectivity index (χ3v) is 3.93. The lowest BCUT2D eigenvalue weighted by Gasteiger charge is -2.19. The molecule has 21 heavy (non-hydrogen) atoms. The molecular formula is C17H21O3P. The quantitative estimate of drug-likeness (QED) is 0.637. The molecule has 0 fully saturated rings. The summed E-state index contributed by atoms with van der Waals surface area (Å²) in [5, 5.41) is 0. The molecule has 4 heteroatoms. The van der Waals surface area contributed by atoms with Crippen molar-refractivity contribution in [1.29, 1.82) is 0 Å². The van der Waals surface area contributed by atoms with Gasteiger partial charge in [0, 0.05) is 0 Å². The highest BCUT2D eigenvalue weighted by molar-refractivity contribution is 7.41. The lowest BCUT2D eigenvalue weighted by molar-refractivity contribution is 0.124. The highest BCUT2D eigenvalue weighted by Gasteiger charge is 2.15. The second kappa shape index (κ2) is 8.91. The van der Waals surface area contributed by atoms with Gasteiger partial charge < -0.3 is 13.6 Å². The van der Waals surface area contributed by atoms with Gasteiger partial charge in [-0.05, 0) is 25.0 Å². The van der Waals surface area contributed by atoms with E-state index < -0.39 is 8.60 Å². The Bertz CT molecular complexity index is 458. The van der Waals surface area contributed by atoms with Crippen LogP contribution >= 0.6 is 8.60 Å². The van der Waals surface area contributed by atoms with Crippen LogP contribution in [0.2, 0.25) is 0 Å². The van der Waals surface area contributed by atoms with Gasteiger partial charge in [0.05, 0.1) is 19.3 Å². The zero-order valence-corrected chi connectivity index (χ0v) is 13.3. The van der Waals surface area contributed by atoms with Gasteiger partial charge in [0.1, 0.15) is 0 Å². The van der Waals surface area contributed by atoms with Crippen molar-refractivity contribution in [2.75, 3.05) is 0 Å². The van der Waals surface area contributed by atoms with E-state index in [0.717, 1.165) is 11.1 Å².